The Hall–Kier alpha value is -5.21. The van der Waals surface area contributed by atoms with Crippen LogP contribution in [0.1, 0.15) is 41.7 Å². The molecule has 4 aromatic rings. The molecule has 2 heterocycles. The maximum atomic E-state index is 13.4. The third kappa shape index (κ3) is 8.15. The minimum atomic E-state index is -4.09. The van der Waals surface area contributed by atoms with Crippen LogP contribution in [0.5, 0.6) is 5.75 Å². The number of oxazole rings is 1. The van der Waals surface area contributed by atoms with Gasteiger partial charge in [-0.2, -0.15) is 4.72 Å². The molecule has 1 aliphatic heterocycles. The first-order valence-electron chi connectivity index (χ1n) is 14.9. The lowest BCUT2D eigenvalue weighted by atomic mass is 10.1. The molecule has 47 heavy (non-hydrogen) atoms. The zero-order valence-corrected chi connectivity index (χ0v) is 26.6. The SMILES string of the molecule is COc1cc(CC(=O)N2CCCC2c2ncc(CC(NS(=O)(=O)c3ccccc3)C(=O)O)o2)ccc1NC(=O)Nc1ccccc1C. The number of urea groups is 1. The highest BCUT2D eigenvalue weighted by molar-refractivity contribution is 7.89. The zero-order chi connectivity index (χ0) is 33.6. The number of ether oxygens (including phenoxy) is 1. The fourth-order valence-corrected chi connectivity index (χ4v) is 6.55. The fourth-order valence-electron chi connectivity index (χ4n) is 5.34. The second kappa shape index (κ2) is 14.5. The van der Waals surface area contributed by atoms with Gasteiger partial charge in [-0.15, -0.1) is 0 Å². The van der Waals surface area contributed by atoms with E-state index >= 15 is 0 Å². The molecule has 13 nitrogen and oxygen atoms in total. The number of rotatable bonds is 12. The van der Waals surface area contributed by atoms with Crippen molar-refractivity contribution in [2.24, 2.45) is 0 Å². The van der Waals surface area contributed by atoms with Crippen molar-refractivity contribution in [3.63, 3.8) is 0 Å². The summed E-state index contributed by atoms with van der Waals surface area (Å²) in [6, 6.07) is 17.6. The lowest BCUT2D eigenvalue weighted by Gasteiger charge is -2.23. The first-order valence-corrected chi connectivity index (χ1v) is 16.4. The Labute approximate surface area is 272 Å². The van der Waals surface area contributed by atoms with E-state index in [4.69, 9.17) is 9.15 Å². The van der Waals surface area contributed by atoms with Gasteiger partial charge < -0.3 is 29.8 Å². The lowest BCUT2D eigenvalue weighted by Crippen LogP contribution is -2.42. The summed E-state index contributed by atoms with van der Waals surface area (Å²) in [4.78, 5) is 43.9. The largest absolute Gasteiger partial charge is 0.495 e. The second-order valence-electron chi connectivity index (χ2n) is 11.0. The molecule has 0 aliphatic carbocycles. The van der Waals surface area contributed by atoms with Crippen molar-refractivity contribution in [1.29, 1.82) is 0 Å². The van der Waals surface area contributed by atoms with Gasteiger partial charge in [0.05, 0.1) is 30.3 Å². The maximum absolute atomic E-state index is 13.4. The van der Waals surface area contributed by atoms with Gasteiger partial charge >= 0.3 is 12.0 Å². The van der Waals surface area contributed by atoms with Crippen LogP contribution in [0.4, 0.5) is 16.2 Å². The van der Waals surface area contributed by atoms with Gasteiger partial charge in [-0.25, -0.2) is 18.2 Å². The Balaban J connectivity index is 1.22. The topological polar surface area (TPSA) is 180 Å². The average molecular weight is 662 g/mol. The van der Waals surface area contributed by atoms with E-state index in [1.807, 2.05) is 25.1 Å². The summed E-state index contributed by atoms with van der Waals surface area (Å²) in [7, 11) is -2.61. The van der Waals surface area contributed by atoms with Crippen LogP contribution >= 0.6 is 0 Å². The molecule has 0 spiro atoms. The van der Waals surface area contributed by atoms with Gasteiger partial charge in [0, 0.05) is 18.7 Å². The number of carbonyl (C=O) groups excluding carboxylic acids is 2. The van der Waals surface area contributed by atoms with Crippen LogP contribution in [-0.4, -0.2) is 61.0 Å². The summed E-state index contributed by atoms with van der Waals surface area (Å²) in [5.74, 6) is -0.740. The molecule has 0 radical (unpaired) electrons. The van der Waals surface area contributed by atoms with Gasteiger partial charge in [0.15, 0.2) is 0 Å². The number of nitrogens with one attached hydrogen (secondary N) is 3. The zero-order valence-electron chi connectivity index (χ0n) is 25.8. The van der Waals surface area contributed by atoms with Crippen molar-refractivity contribution in [2.75, 3.05) is 24.3 Å². The van der Waals surface area contributed by atoms with Crippen LogP contribution in [0.25, 0.3) is 0 Å². The predicted octanol–water partition coefficient (Wildman–Crippen LogP) is 4.52. The number of aromatic nitrogens is 1. The number of carbonyl (C=O) groups is 3. The first kappa shape index (κ1) is 33.2. The van der Waals surface area contributed by atoms with Crippen LogP contribution in [0, 0.1) is 6.92 Å². The highest BCUT2D eigenvalue weighted by Crippen LogP contribution is 2.33. The number of sulfonamides is 1. The highest BCUT2D eigenvalue weighted by atomic mass is 32.2. The first-order chi connectivity index (χ1) is 22.5. The number of carboxylic acids is 1. The van der Waals surface area contributed by atoms with Crippen LogP contribution in [0.3, 0.4) is 0 Å². The van der Waals surface area contributed by atoms with Crippen LogP contribution < -0.4 is 20.1 Å². The molecule has 5 rings (SSSR count). The fraction of sp³-hybridized carbons (Fsp3) is 0.273. The molecule has 0 bridgehead atoms. The Morgan fingerprint density at radius 3 is 2.49 bits per heavy atom. The molecular formula is C33H35N5O8S. The predicted molar refractivity (Wildman–Crippen MR) is 173 cm³/mol. The van der Waals surface area contributed by atoms with E-state index in [1.54, 1.807) is 47.4 Å². The van der Waals surface area contributed by atoms with E-state index in [1.165, 1.54) is 25.4 Å². The molecule has 0 saturated carbocycles. The second-order valence-corrected chi connectivity index (χ2v) is 12.8. The third-order valence-corrected chi connectivity index (χ3v) is 9.23. The lowest BCUT2D eigenvalue weighted by molar-refractivity contribution is -0.139. The van der Waals surface area contributed by atoms with Crippen molar-refractivity contribution in [3.8, 4) is 5.75 Å². The quantitative estimate of drug-likeness (QED) is 0.170. The Kier molecular flexibility index (Phi) is 10.2. The average Bonchev–Trinajstić information content (AvgIpc) is 3.73. The Morgan fingerprint density at radius 1 is 1.04 bits per heavy atom. The van der Waals surface area contributed by atoms with Crippen molar-refractivity contribution < 1.29 is 37.1 Å². The summed E-state index contributed by atoms with van der Waals surface area (Å²) in [5, 5.41) is 15.3. The van der Waals surface area contributed by atoms with Gasteiger partial charge in [0.1, 0.15) is 23.6 Å². The number of hydrogen-bond acceptors (Lipinski definition) is 8. The van der Waals surface area contributed by atoms with E-state index in [2.05, 4.69) is 20.3 Å². The monoisotopic (exact) mass is 661 g/mol. The smallest absolute Gasteiger partial charge is 0.323 e. The number of hydrogen-bond donors (Lipinski definition) is 4. The number of para-hydroxylation sites is 1. The number of amides is 3. The normalized spacial score (nSPS) is 15.2. The van der Waals surface area contributed by atoms with Crippen molar-refractivity contribution in [3.05, 3.63) is 102 Å². The van der Waals surface area contributed by atoms with Gasteiger partial charge in [0.25, 0.3) is 0 Å². The molecule has 3 amide bonds. The molecule has 4 N–H and O–H groups in total. The van der Waals surface area contributed by atoms with E-state index < -0.39 is 34.1 Å². The molecule has 1 saturated heterocycles. The number of likely N-dealkylation sites (tertiary alicyclic amines) is 1. The number of aryl methyl sites for hydroxylation is 1. The Morgan fingerprint density at radius 2 is 1.77 bits per heavy atom. The number of aliphatic carboxylic acids is 1. The van der Waals surface area contributed by atoms with Gasteiger partial charge in [-0.3, -0.25) is 9.59 Å². The van der Waals surface area contributed by atoms with Crippen molar-refractivity contribution in [1.82, 2.24) is 14.6 Å². The van der Waals surface area contributed by atoms with Crippen molar-refractivity contribution in [2.45, 2.75) is 49.6 Å². The van der Waals surface area contributed by atoms with E-state index in [0.29, 0.717) is 42.1 Å². The number of methoxy groups -OCH3 is 1. The Bertz CT molecular complexity index is 1860. The maximum Gasteiger partial charge on any atom is 0.323 e. The summed E-state index contributed by atoms with van der Waals surface area (Å²) in [6.07, 6.45) is 2.44. The minimum Gasteiger partial charge on any atom is -0.495 e. The van der Waals surface area contributed by atoms with E-state index in [9.17, 15) is 27.9 Å². The minimum absolute atomic E-state index is 0.0540. The van der Waals surface area contributed by atoms with Crippen LogP contribution in [0.15, 0.2) is 88.3 Å². The standard InChI is InChI=1S/C33H35N5O8S/c1-21-9-6-7-12-25(21)35-33(42)36-26-15-14-22(17-29(26)45-2)18-30(39)38-16-8-13-28(38)31-34-20-23(46-31)19-27(32(40)41)37-47(43,44)24-10-4-3-5-11-24/h3-7,9-12,14-15,17,20,27-28,37H,8,13,16,18-19H2,1-2H3,(H,40,41)(H2,35,36,42). The summed E-state index contributed by atoms with van der Waals surface area (Å²) in [5.41, 5.74) is 2.71. The van der Waals surface area contributed by atoms with Crippen LogP contribution in [-0.2, 0) is 32.5 Å². The number of anilines is 2. The molecule has 246 valence electrons. The van der Waals surface area contributed by atoms with E-state index in [-0.39, 0.29) is 35.3 Å². The number of nitrogens with zero attached hydrogens (tertiary/aromatic N) is 2. The van der Waals surface area contributed by atoms with Crippen LogP contribution in [0.2, 0.25) is 0 Å². The molecule has 1 fully saturated rings. The third-order valence-electron chi connectivity index (χ3n) is 7.75. The van der Waals surface area contributed by atoms with Gasteiger partial charge in [-0.05, 0) is 61.2 Å². The highest BCUT2D eigenvalue weighted by Gasteiger charge is 2.34. The molecule has 1 aromatic heterocycles. The molecule has 2 atom stereocenters. The van der Waals surface area contributed by atoms with Gasteiger partial charge in [-0.1, -0.05) is 42.5 Å². The summed E-state index contributed by atoms with van der Waals surface area (Å²) >= 11 is 0. The van der Waals surface area contributed by atoms with E-state index in [0.717, 1.165) is 5.56 Å². The molecule has 14 heteroatoms. The number of carboxylic acid groups (broad SMARTS) is 1. The number of benzene rings is 3. The van der Waals surface area contributed by atoms with Crippen molar-refractivity contribution >= 4 is 39.3 Å². The molecule has 1 aliphatic rings. The summed E-state index contributed by atoms with van der Waals surface area (Å²) in [6.45, 7) is 2.37. The molecule has 2 unspecified atom stereocenters. The summed E-state index contributed by atoms with van der Waals surface area (Å²) < 4.78 is 39.0. The molecule has 3 aromatic carbocycles. The molecular weight excluding hydrogens is 626 g/mol. The van der Waals surface area contributed by atoms with Gasteiger partial charge in [0.2, 0.25) is 21.8 Å².